The third-order valence-electron chi connectivity index (χ3n) is 3.32. The molecule has 2 N–H and O–H groups in total. The lowest BCUT2D eigenvalue weighted by Gasteiger charge is -2.12. The van der Waals surface area contributed by atoms with Crippen LogP contribution in [0.5, 0.6) is 17.2 Å². The van der Waals surface area contributed by atoms with Crippen molar-refractivity contribution in [2.24, 2.45) is 0 Å². The lowest BCUT2D eigenvalue weighted by atomic mass is 10.1. The van der Waals surface area contributed by atoms with Crippen molar-refractivity contribution in [1.82, 2.24) is 5.32 Å². The highest BCUT2D eigenvalue weighted by Crippen LogP contribution is 2.36. The van der Waals surface area contributed by atoms with Gasteiger partial charge in [0.05, 0.1) is 14.2 Å². The smallest absolute Gasteiger partial charge is 0.200 e. The number of phenols is 1. The minimum absolute atomic E-state index is 0.0533. The Morgan fingerprint density at radius 2 is 1.67 bits per heavy atom. The second-order valence-corrected chi connectivity index (χ2v) is 5.92. The zero-order valence-electron chi connectivity index (χ0n) is 13.3. The molecule has 120 valence electrons. The van der Waals surface area contributed by atoms with Crippen LogP contribution in [0.4, 0.5) is 0 Å². The molecule has 0 amide bonds. The van der Waals surface area contributed by atoms with E-state index in [-0.39, 0.29) is 5.75 Å². The van der Waals surface area contributed by atoms with Gasteiger partial charge in [0.15, 0.2) is 11.5 Å². The van der Waals surface area contributed by atoms with E-state index in [0.717, 1.165) is 18.7 Å². The predicted octanol–water partition coefficient (Wildman–Crippen LogP) is 3.42. The summed E-state index contributed by atoms with van der Waals surface area (Å²) in [4.78, 5) is 0. The van der Waals surface area contributed by atoms with Crippen molar-refractivity contribution < 1.29 is 14.6 Å². The molecular formula is C16H27NO3S. The van der Waals surface area contributed by atoms with Gasteiger partial charge in [-0.2, -0.15) is 11.8 Å². The number of benzene rings is 1. The van der Waals surface area contributed by atoms with Crippen molar-refractivity contribution in [3.63, 3.8) is 0 Å². The Bertz CT molecular complexity index is 388. The summed E-state index contributed by atoms with van der Waals surface area (Å²) >= 11 is 1.92. The van der Waals surface area contributed by atoms with Gasteiger partial charge in [0.1, 0.15) is 0 Å². The molecule has 0 radical (unpaired) electrons. The minimum Gasteiger partial charge on any atom is -0.502 e. The Hall–Kier alpha value is -1.07. The minimum atomic E-state index is 0.0533. The van der Waals surface area contributed by atoms with Crippen LogP contribution in [0.1, 0.15) is 31.2 Å². The van der Waals surface area contributed by atoms with Crippen LogP contribution in [0.2, 0.25) is 0 Å². The number of nitrogens with one attached hydrogen (secondary N) is 1. The van der Waals surface area contributed by atoms with Crippen LogP contribution >= 0.6 is 11.8 Å². The van der Waals surface area contributed by atoms with E-state index >= 15 is 0 Å². The van der Waals surface area contributed by atoms with Crippen LogP contribution in [0.15, 0.2) is 12.1 Å². The first-order valence-corrected chi connectivity index (χ1v) is 8.75. The summed E-state index contributed by atoms with van der Waals surface area (Å²) in [5, 5.41) is 13.3. The van der Waals surface area contributed by atoms with Gasteiger partial charge in [-0.25, -0.2) is 0 Å². The summed E-state index contributed by atoms with van der Waals surface area (Å²) in [5.41, 5.74) is 1.05. The van der Waals surface area contributed by atoms with Gasteiger partial charge in [-0.15, -0.1) is 0 Å². The number of aromatic hydroxyl groups is 1. The molecule has 0 saturated heterocycles. The number of thioether (sulfide) groups is 1. The Kier molecular flexibility index (Phi) is 9.10. The maximum absolute atomic E-state index is 9.85. The number of rotatable bonds is 11. The molecule has 0 unspecified atom stereocenters. The van der Waals surface area contributed by atoms with Crippen LogP contribution in [-0.2, 0) is 6.54 Å². The Balaban J connectivity index is 2.32. The van der Waals surface area contributed by atoms with Crippen LogP contribution in [0, 0.1) is 0 Å². The van der Waals surface area contributed by atoms with E-state index < -0.39 is 0 Å². The van der Waals surface area contributed by atoms with Crippen LogP contribution in [-0.4, -0.2) is 37.9 Å². The van der Waals surface area contributed by atoms with E-state index in [4.69, 9.17) is 9.47 Å². The molecule has 0 bridgehead atoms. The first-order valence-electron chi connectivity index (χ1n) is 7.36. The molecule has 0 fully saturated rings. The highest BCUT2D eigenvalue weighted by molar-refractivity contribution is 7.98. The summed E-state index contributed by atoms with van der Waals surface area (Å²) in [6.07, 6.45) is 7.25. The Labute approximate surface area is 132 Å². The van der Waals surface area contributed by atoms with E-state index in [1.54, 1.807) is 14.2 Å². The molecule has 5 heteroatoms. The number of phenolic OH excluding ortho intramolecular Hbond substituents is 1. The second kappa shape index (κ2) is 10.6. The Morgan fingerprint density at radius 1 is 1.05 bits per heavy atom. The SMILES string of the molecule is COc1cc(CNCCCCCCSC)cc(OC)c1O. The van der Waals surface area contributed by atoms with E-state index in [1.165, 1.54) is 31.4 Å². The van der Waals surface area contributed by atoms with Crippen molar-refractivity contribution in [1.29, 1.82) is 0 Å². The summed E-state index contributed by atoms with van der Waals surface area (Å²) < 4.78 is 10.3. The molecule has 0 aromatic heterocycles. The summed E-state index contributed by atoms with van der Waals surface area (Å²) in [5.74, 6) is 2.21. The maximum atomic E-state index is 9.85. The molecule has 4 nitrogen and oxygen atoms in total. The molecule has 1 aromatic carbocycles. The number of ether oxygens (including phenoxy) is 2. The van der Waals surface area contributed by atoms with Crippen molar-refractivity contribution in [2.45, 2.75) is 32.2 Å². The Morgan fingerprint density at radius 3 is 2.24 bits per heavy atom. The topological polar surface area (TPSA) is 50.7 Å². The fourth-order valence-electron chi connectivity index (χ4n) is 2.13. The zero-order chi connectivity index (χ0) is 15.5. The van der Waals surface area contributed by atoms with Gasteiger partial charge in [-0.05, 0) is 49.1 Å². The third-order valence-corrected chi connectivity index (χ3v) is 4.02. The van der Waals surface area contributed by atoms with Gasteiger partial charge in [0.25, 0.3) is 0 Å². The predicted molar refractivity (Wildman–Crippen MR) is 89.8 cm³/mol. The molecule has 0 spiro atoms. The molecule has 0 saturated carbocycles. The van der Waals surface area contributed by atoms with Crippen LogP contribution in [0.25, 0.3) is 0 Å². The molecule has 0 aliphatic carbocycles. The molecular weight excluding hydrogens is 286 g/mol. The summed E-state index contributed by atoms with van der Waals surface area (Å²) in [7, 11) is 3.08. The van der Waals surface area contributed by atoms with E-state index in [1.807, 2.05) is 23.9 Å². The average molecular weight is 313 g/mol. The van der Waals surface area contributed by atoms with Crippen molar-refractivity contribution >= 4 is 11.8 Å². The normalized spacial score (nSPS) is 10.6. The van der Waals surface area contributed by atoms with Gasteiger partial charge in [-0.1, -0.05) is 12.8 Å². The van der Waals surface area contributed by atoms with Gasteiger partial charge in [-0.3, -0.25) is 0 Å². The monoisotopic (exact) mass is 313 g/mol. The molecule has 0 aliphatic heterocycles. The quantitative estimate of drug-likeness (QED) is 0.613. The van der Waals surface area contributed by atoms with Crippen molar-refractivity contribution in [3.8, 4) is 17.2 Å². The molecule has 0 atom stereocenters. The van der Waals surface area contributed by atoms with E-state index in [2.05, 4.69) is 11.6 Å². The van der Waals surface area contributed by atoms with Gasteiger partial charge < -0.3 is 19.9 Å². The highest BCUT2D eigenvalue weighted by atomic mass is 32.2. The van der Waals surface area contributed by atoms with Crippen LogP contribution < -0.4 is 14.8 Å². The van der Waals surface area contributed by atoms with E-state index in [9.17, 15) is 5.11 Å². The molecule has 21 heavy (non-hydrogen) atoms. The third kappa shape index (κ3) is 6.48. The van der Waals surface area contributed by atoms with Crippen LogP contribution in [0.3, 0.4) is 0 Å². The van der Waals surface area contributed by atoms with Gasteiger partial charge in [0.2, 0.25) is 5.75 Å². The maximum Gasteiger partial charge on any atom is 0.200 e. The lowest BCUT2D eigenvalue weighted by molar-refractivity contribution is 0.339. The highest BCUT2D eigenvalue weighted by Gasteiger charge is 2.10. The standard InChI is InChI=1S/C16H27NO3S/c1-19-14-10-13(11-15(20-2)16(14)18)12-17-8-6-4-5-7-9-21-3/h10-11,17-18H,4-9,12H2,1-3H3. The van der Waals surface area contributed by atoms with Crippen molar-refractivity contribution in [3.05, 3.63) is 17.7 Å². The fraction of sp³-hybridized carbons (Fsp3) is 0.625. The second-order valence-electron chi connectivity index (χ2n) is 4.93. The molecule has 1 rings (SSSR count). The number of hydrogen-bond acceptors (Lipinski definition) is 5. The lowest BCUT2D eigenvalue weighted by Crippen LogP contribution is -2.14. The summed E-state index contributed by atoms with van der Waals surface area (Å²) in [6, 6.07) is 3.67. The first kappa shape index (κ1) is 18.0. The van der Waals surface area contributed by atoms with Gasteiger partial charge in [0, 0.05) is 6.54 Å². The summed E-state index contributed by atoms with van der Waals surface area (Å²) in [6.45, 7) is 1.75. The zero-order valence-corrected chi connectivity index (χ0v) is 14.1. The number of methoxy groups -OCH3 is 2. The first-order chi connectivity index (χ1) is 10.2. The van der Waals surface area contributed by atoms with Crippen molar-refractivity contribution in [2.75, 3.05) is 32.8 Å². The molecule has 0 heterocycles. The molecule has 1 aromatic rings. The number of unbranched alkanes of at least 4 members (excludes halogenated alkanes) is 3. The number of hydrogen-bond donors (Lipinski definition) is 2. The van der Waals surface area contributed by atoms with Gasteiger partial charge >= 0.3 is 0 Å². The van der Waals surface area contributed by atoms with E-state index in [0.29, 0.717) is 11.5 Å². The largest absolute Gasteiger partial charge is 0.502 e. The fourth-order valence-corrected chi connectivity index (χ4v) is 2.63. The average Bonchev–Trinajstić information content (AvgIpc) is 2.51. The molecule has 0 aliphatic rings.